The number of nitrogens with zero attached hydrogens (tertiary/aromatic N) is 3. The maximum absolute atomic E-state index is 12.6. The first kappa shape index (κ1) is 16.7. The maximum Gasteiger partial charge on any atom is 0.334 e. The molecule has 1 aromatic heterocycles. The Morgan fingerprint density at radius 1 is 0.778 bits per heavy atom. The van der Waals surface area contributed by atoms with Gasteiger partial charge in [-0.3, -0.25) is 14.5 Å². The molecule has 4 amide bonds. The van der Waals surface area contributed by atoms with Crippen LogP contribution < -0.4 is 0 Å². The van der Waals surface area contributed by atoms with Crippen LogP contribution in [0.2, 0.25) is 0 Å². The molecule has 0 saturated carbocycles. The molecule has 0 spiro atoms. The van der Waals surface area contributed by atoms with E-state index in [9.17, 15) is 14.4 Å². The number of hydrogen-bond donors (Lipinski definition) is 0. The summed E-state index contributed by atoms with van der Waals surface area (Å²) >= 11 is 0. The first-order valence-corrected chi connectivity index (χ1v) is 8.34. The van der Waals surface area contributed by atoms with Crippen molar-refractivity contribution in [3.05, 3.63) is 78.2 Å². The zero-order valence-electron chi connectivity index (χ0n) is 14.2. The molecule has 0 atom stereocenters. The second-order valence-electron chi connectivity index (χ2n) is 6.06. The van der Waals surface area contributed by atoms with Gasteiger partial charge in [-0.1, -0.05) is 48.5 Å². The monoisotopic (exact) mass is 361 g/mol. The van der Waals surface area contributed by atoms with E-state index in [0.717, 1.165) is 20.9 Å². The Kier molecular flexibility index (Phi) is 4.25. The predicted molar refractivity (Wildman–Crippen MR) is 94.9 cm³/mol. The SMILES string of the molecule is O=C1C(=O)N(Cc2coc(-c3ccccc3)n2)C(=O)N1Cc1ccccc1. The van der Waals surface area contributed by atoms with E-state index in [4.69, 9.17) is 4.42 Å². The molecule has 3 aromatic rings. The largest absolute Gasteiger partial charge is 0.444 e. The predicted octanol–water partition coefficient (Wildman–Crippen LogP) is 2.83. The number of amides is 4. The molecule has 7 nitrogen and oxygen atoms in total. The van der Waals surface area contributed by atoms with Crippen molar-refractivity contribution in [1.82, 2.24) is 14.8 Å². The van der Waals surface area contributed by atoms with Gasteiger partial charge in [0.1, 0.15) is 6.26 Å². The summed E-state index contributed by atoms with van der Waals surface area (Å²) in [4.78, 5) is 43.2. The minimum absolute atomic E-state index is 0.0504. The summed E-state index contributed by atoms with van der Waals surface area (Å²) in [5.74, 6) is -1.31. The van der Waals surface area contributed by atoms with Crippen LogP contribution >= 0.6 is 0 Å². The number of carbonyl (C=O) groups is 3. The van der Waals surface area contributed by atoms with Gasteiger partial charge in [0.25, 0.3) is 0 Å². The molecule has 2 aromatic carbocycles. The van der Waals surface area contributed by atoms with Crippen LogP contribution in [0.25, 0.3) is 11.5 Å². The highest BCUT2D eigenvalue weighted by molar-refractivity contribution is 6.44. The van der Waals surface area contributed by atoms with E-state index < -0.39 is 17.8 Å². The van der Waals surface area contributed by atoms with E-state index in [0.29, 0.717) is 11.6 Å². The Morgan fingerprint density at radius 3 is 2.04 bits per heavy atom. The number of aromatic nitrogens is 1. The first-order chi connectivity index (χ1) is 13.1. The number of imide groups is 2. The smallest absolute Gasteiger partial charge is 0.334 e. The highest BCUT2D eigenvalue weighted by Gasteiger charge is 2.44. The standard InChI is InChI=1S/C20H15N3O4/c24-18-19(25)23(20(26)22(18)11-14-7-3-1-4-8-14)12-16-13-27-17(21-16)15-9-5-2-6-10-15/h1-10,13H,11-12H2. The van der Waals surface area contributed by atoms with Gasteiger partial charge in [-0.2, -0.15) is 0 Å². The van der Waals surface area contributed by atoms with Gasteiger partial charge < -0.3 is 4.42 Å². The zero-order valence-corrected chi connectivity index (χ0v) is 14.2. The molecule has 7 heteroatoms. The van der Waals surface area contributed by atoms with Gasteiger partial charge in [0, 0.05) is 5.56 Å². The van der Waals surface area contributed by atoms with E-state index in [-0.39, 0.29) is 13.1 Å². The lowest BCUT2D eigenvalue weighted by Crippen LogP contribution is -2.32. The van der Waals surface area contributed by atoms with E-state index >= 15 is 0 Å². The Morgan fingerprint density at radius 2 is 1.37 bits per heavy atom. The van der Waals surface area contributed by atoms with Gasteiger partial charge >= 0.3 is 17.8 Å². The van der Waals surface area contributed by atoms with Gasteiger partial charge in [-0.25, -0.2) is 14.7 Å². The summed E-state index contributed by atoms with van der Waals surface area (Å²) in [7, 11) is 0. The third-order valence-electron chi connectivity index (χ3n) is 4.21. The number of carbonyl (C=O) groups excluding carboxylic acids is 3. The summed E-state index contributed by atoms with van der Waals surface area (Å²) in [6, 6.07) is 17.6. The molecule has 2 heterocycles. The molecular formula is C20H15N3O4. The highest BCUT2D eigenvalue weighted by atomic mass is 16.3. The van der Waals surface area contributed by atoms with Gasteiger partial charge in [0.2, 0.25) is 5.89 Å². The van der Waals surface area contributed by atoms with Gasteiger partial charge in [-0.05, 0) is 17.7 Å². The summed E-state index contributed by atoms with van der Waals surface area (Å²) in [6.45, 7) is -0.0696. The van der Waals surface area contributed by atoms with Crippen molar-refractivity contribution in [3.8, 4) is 11.5 Å². The average molecular weight is 361 g/mol. The molecule has 27 heavy (non-hydrogen) atoms. The van der Waals surface area contributed by atoms with Crippen molar-refractivity contribution < 1.29 is 18.8 Å². The van der Waals surface area contributed by atoms with Crippen LogP contribution in [-0.2, 0) is 22.7 Å². The van der Waals surface area contributed by atoms with Crippen molar-refractivity contribution >= 4 is 17.8 Å². The van der Waals surface area contributed by atoms with E-state index in [2.05, 4.69) is 4.98 Å². The Labute approximate surface area is 154 Å². The quantitative estimate of drug-likeness (QED) is 0.515. The van der Waals surface area contributed by atoms with Crippen LogP contribution in [0.3, 0.4) is 0 Å². The highest BCUT2D eigenvalue weighted by Crippen LogP contribution is 2.21. The minimum Gasteiger partial charge on any atom is -0.444 e. The number of benzene rings is 2. The molecular weight excluding hydrogens is 346 g/mol. The lowest BCUT2D eigenvalue weighted by Gasteiger charge is -2.14. The normalized spacial score (nSPS) is 14.3. The summed E-state index contributed by atoms with van der Waals surface area (Å²) in [5.41, 5.74) is 1.94. The molecule has 0 unspecified atom stereocenters. The van der Waals surface area contributed by atoms with Gasteiger partial charge in [0.15, 0.2) is 0 Å². The lowest BCUT2D eigenvalue weighted by molar-refractivity contribution is -0.143. The van der Waals surface area contributed by atoms with Crippen molar-refractivity contribution in [1.29, 1.82) is 0 Å². The molecule has 1 saturated heterocycles. The van der Waals surface area contributed by atoms with E-state index in [1.807, 2.05) is 36.4 Å². The molecule has 1 aliphatic rings. The molecule has 4 rings (SSSR count). The van der Waals surface area contributed by atoms with Gasteiger partial charge in [0.05, 0.1) is 18.8 Å². The summed E-state index contributed by atoms with van der Waals surface area (Å²) in [6.07, 6.45) is 1.38. The minimum atomic E-state index is -0.861. The van der Waals surface area contributed by atoms with Crippen LogP contribution in [0.4, 0.5) is 4.79 Å². The van der Waals surface area contributed by atoms with E-state index in [1.165, 1.54) is 6.26 Å². The number of oxazole rings is 1. The second-order valence-corrected chi connectivity index (χ2v) is 6.06. The molecule has 0 bridgehead atoms. The molecule has 1 fully saturated rings. The van der Waals surface area contributed by atoms with Crippen molar-refractivity contribution in [3.63, 3.8) is 0 Å². The van der Waals surface area contributed by atoms with Gasteiger partial charge in [-0.15, -0.1) is 0 Å². The van der Waals surface area contributed by atoms with Crippen LogP contribution in [0, 0.1) is 0 Å². The Hall–Kier alpha value is -3.74. The third kappa shape index (κ3) is 3.22. The molecule has 0 N–H and O–H groups in total. The zero-order chi connectivity index (χ0) is 18.8. The van der Waals surface area contributed by atoms with E-state index in [1.54, 1.807) is 24.3 Å². The fourth-order valence-corrected chi connectivity index (χ4v) is 2.85. The van der Waals surface area contributed by atoms with Crippen LogP contribution in [0.15, 0.2) is 71.3 Å². The summed E-state index contributed by atoms with van der Waals surface area (Å²) < 4.78 is 5.42. The molecule has 134 valence electrons. The number of urea groups is 1. The van der Waals surface area contributed by atoms with Crippen molar-refractivity contribution in [2.45, 2.75) is 13.1 Å². The molecule has 1 aliphatic heterocycles. The average Bonchev–Trinajstić information content (AvgIpc) is 3.25. The van der Waals surface area contributed by atoms with Crippen LogP contribution in [-0.4, -0.2) is 32.6 Å². The fourth-order valence-electron chi connectivity index (χ4n) is 2.85. The van der Waals surface area contributed by atoms with Crippen LogP contribution in [0.1, 0.15) is 11.3 Å². The van der Waals surface area contributed by atoms with Crippen LogP contribution in [0.5, 0.6) is 0 Å². The lowest BCUT2D eigenvalue weighted by atomic mass is 10.2. The number of hydrogen-bond acceptors (Lipinski definition) is 5. The molecule has 0 aliphatic carbocycles. The third-order valence-corrected chi connectivity index (χ3v) is 4.21. The Balaban J connectivity index is 1.51. The van der Waals surface area contributed by atoms with Crippen molar-refractivity contribution in [2.24, 2.45) is 0 Å². The van der Waals surface area contributed by atoms with Crippen molar-refractivity contribution in [2.75, 3.05) is 0 Å². The molecule has 0 radical (unpaired) electrons. The first-order valence-electron chi connectivity index (χ1n) is 8.34. The maximum atomic E-state index is 12.6. The topological polar surface area (TPSA) is 83.7 Å². The summed E-state index contributed by atoms with van der Waals surface area (Å²) in [5, 5.41) is 0. The second kappa shape index (κ2) is 6.87. The Bertz CT molecular complexity index is 998. The number of rotatable bonds is 5. The fraction of sp³-hybridized carbons (Fsp3) is 0.100.